The lowest BCUT2D eigenvalue weighted by molar-refractivity contribution is -0.184. The fourth-order valence-electron chi connectivity index (χ4n) is 2.68. The number of anilines is 1. The number of nitrogens with two attached hydrogens (primary N) is 1. The fraction of sp³-hybridized carbons (Fsp3) is 0.500. The van der Waals surface area contributed by atoms with Gasteiger partial charge < -0.3 is 11.1 Å². The Morgan fingerprint density at radius 2 is 1.95 bits per heavy atom. The normalized spacial score (nSPS) is 22.9. The number of carbonyl (C=O) groups excluding carboxylic acids is 1. The van der Waals surface area contributed by atoms with Crippen LogP contribution in [0.4, 0.5) is 18.9 Å². The number of alkyl halides is 3. The SMILES string of the molecule is NC(=O)c1ccc(Cl)c(NC2CCCCC2C(F)(F)F)c1. The molecule has 1 amide bonds. The number of carbonyl (C=O) groups is 1. The molecule has 1 fully saturated rings. The summed E-state index contributed by atoms with van der Waals surface area (Å²) in [5.41, 5.74) is 5.70. The Morgan fingerprint density at radius 3 is 2.57 bits per heavy atom. The molecule has 3 nitrogen and oxygen atoms in total. The summed E-state index contributed by atoms with van der Waals surface area (Å²) in [4.78, 5) is 11.2. The minimum atomic E-state index is -4.24. The summed E-state index contributed by atoms with van der Waals surface area (Å²) in [5, 5.41) is 3.11. The third-order valence-electron chi connectivity index (χ3n) is 3.78. The van der Waals surface area contributed by atoms with E-state index in [4.69, 9.17) is 17.3 Å². The standard InChI is InChI=1S/C14H16ClF3N2O/c15-10-6-5-8(13(19)21)7-12(10)20-11-4-2-1-3-9(11)14(16,17)18/h5-7,9,11,20H,1-4H2,(H2,19,21). The van der Waals surface area contributed by atoms with Crippen molar-refractivity contribution >= 4 is 23.2 Å². The minimum absolute atomic E-state index is 0.105. The zero-order valence-electron chi connectivity index (χ0n) is 11.2. The van der Waals surface area contributed by atoms with Crippen molar-refractivity contribution < 1.29 is 18.0 Å². The van der Waals surface area contributed by atoms with E-state index >= 15 is 0 Å². The van der Waals surface area contributed by atoms with Crippen molar-refractivity contribution in [2.75, 3.05) is 5.32 Å². The van der Waals surface area contributed by atoms with Gasteiger partial charge in [0.25, 0.3) is 0 Å². The average molecular weight is 321 g/mol. The molecule has 2 unspecified atom stereocenters. The molecular formula is C14H16ClF3N2O. The highest BCUT2D eigenvalue weighted by Crippen LogP contribution is 2.39. The van der Waals surface area contributed by atoms with E-state index in [1.54, 1.807) is 0 Å². The van der Waals surface area contributed by atoms with Gasteiger partial charge in [-0.3, -0.25) is 4.79 Å². The Balaban J connectivity index is 2.23. The lowest BCUT2D eigenvalue weighted by Crippen LogP contribution is -2.41. The first kappa shape index (κ1) is 15.9. The molecule has 1 saturated carbocycles. The molecule has 0 aliphatic heterocycles. The van der Waals surface area contributed by atoms with E-state index in [2.05, 4.69) is 5.32 Å². The molecular weight excluding hydrogens is 305 g/mol. The van der Waals surface area contributed by atoms with E-state index in [1.807, 2.05) is 0 Å². The number of hydrogen-bond acceptors (Lipinski definition) is 2. The highest BCUT2D eigenvalue weighted by atomic mass is 35.5. The van der Waals surface area contributed by atoms with Gasteiger partial charge in [0.1, 0.15) is 0 Å². The second kappa shape index (κ2) is 6.13. The Morgan fingerprint density at radius 1 is 1.29 bits per heavy atom. The number of amides is 1. The van der Waals surface area contributed by atoms with Crippen molar-refractivity contribution in [3.8, 4) is 0 Å². The van der Waals surface area contributed by atoms with Gasteiger partial charge in [-0.1, -0.05) is 24.4 Å². The molecule has 21 heavy (non-hydrogen) atoms. The maximum atomic E-state index is 13.1. The zero-order chi connectivity index (χ0) is 15.6. The van der Waals surface area contributed by atoms with Crippen molar-refractivity contribution in [1.29, 1.82) is 0 Å². The summed E-state index contributed by atoms with van der Waals surface area (Å²) in [6, 6.07) is 3.56. The highest BCUT2D eigenvalue weighted by Gasteiger charge is 2.45. The van der Waals surface area contributed by atoms with Crippen molar-refractivity contribution in [3.05, 3.63) is 28.8 Å². The molecule has 2 atom stereocenters. The molecule has 0 spiro atoms. The van der Waals surface area contributed by atoms with Gasteiger partial charge >= 0.3 is 6.18 Å². The Hall–Kier alpha value is -1.43. The lowest BCUT2D eigenvalue weighted by Gasteiger charge is -2.34. The third-order valence-corrected chi connectivity index (χ3v) is 4.11. The van der Waals surface area contributed by atoms with Crippen LogP contribution in [-0.4, -0.2) is 18.1 Å². The maximum Gasteiger partial charge on any atom is 0.393 e. The number of hydrogen-bond donors (Lipinski definition) is 2. The molecule has 2 rings (SSSR count). The van der Waals surface area contributed by atoms with E-state index in [9.17, 15) is 18.0 Å². The molecule has 0 radical (unpaired) electrons. The summed E-state index contributed by atoms with van der Waals surface area (Å²) in [6.07, 6.45) is -2.42. The first-order chi connectivity index (χ1) is 9.79. The number of rotatable bonds is 3. The molecule has 0 aromatic heterocycles. The van der Waals surface area contributed by atoms with Crippen LogP contribution in [0.5, 0.6) is 0 Å². The maximum absolute atomic E-state index is 13.1. The average Bonchev–Trinajstić information content (AvgIpc) is 2.40. The molecule has 7 heteroatoms. The molecule has 1 aliphatic carbocycles. The summed E-state index contributed by atoms with van der Waals surface area (Å²) >= 11 is 5.99. The van der Waals surface area contributed by atoms with Crippen LogP contribution in [0.25, 0.3) is 0 Å². The summed E-state index contributed by atoms with van der Waals surface area (Å²) in [5.74, 6) is -2.05. The largest absolute Gasteiger partial charge is 0.393 e. The highest BCUT2D eigenvalue weighted by molar-refractivity contribution is 6.33. The molecule has 0 bridgehead atoms. The number of benzene rings is 1. The smallest absolute Gasteiger partial charge is 0.380 e. The van der Waals surface area contributed by atoms with E-state index in [0.717, 1.165) is 6.42 Å². The summed E-state index contributed by atoms with van der Waals surface area (Å²) in [6.45, 7) is 0. The number of primary amides is 1. The summed E-state index contributed by atoms with van der Waals surface area (Å²) < 4.78 is 39.2. The zero-order valence-corrected chi connectivity index (χ0v) is 12.0. The molecule has 1 aliphatic rings. The van der Waals surface area contributed by atoms with Gasteiger partial charge in [0, 0.05) is 11.6 Å². The molecule has 1 aromatic carbocycles. The van der Waals surface area contributed by atoms with Crippen LogP contribution in [0, 0.1) is 5.92 Å². The summed E-state index contributed by atoms with van der Waals surface area (Å²) in [7, 11) is 0. The number of halogens is 4. The number of nitrogens with one attached hydrogen (secondary N) is 1. The lowest BCUT2D eigenvalue weighted by atomic mass is 9.84. The first-order valence-electron chi connectivity index (χ1n) is 6.71. The molecule has 0 heterocycles. The van der Waals surface area contributed by atoms with Crippen LogP contribution >= 0.6 is 11.6 Å². The Labute approximate surface area is 125 Å². The van der Waals surface area contributed by atoms with Gasteiger partial charge in [-0.25, -0.2) is 0 Å². The van der Waals surface area contributed by atoms with Crippen LogP contribution < -0.4 is 11.1 Å². The quantitative estimate of drug-likeness (QED) is 0.885. The van der Waals surface area contributed by atoms with Gasteiger partial charge in [-0.15, -0.1) is 0 Å². The third kappa shape index (κ3) is 3.81. The van der Waals surface area contributed by atoms with Crippen LogP contribution in [0.3, 0.4) is 0 Å². The molecule has 3 N–H and O–H groups in total. The van der Waals surface area contributed by atoms with E-state index < -0.39 is 24.0 Å². The van der Waals surface area contributed by atoms with Crippen LogP contribution in [0.2, 0.25) is 5.02 Å². The van der Waals surface area contributed by atoms with Gasteiger partial charge in [0.2, 0.25) is 5.91 Å². The second-order valence-electron chi connectivity index (χ2n) is 5.24. The van der Waals surface area contributed by atoms with E-state index in [1.165, 1.54) is 18.2 Å². The molecule has 0 saturated heterocycles. The molecule has 1 aromatic rings. The van der Waals surface area contributed by atoms with E-state index in [0.29, 0.717) is 18.5 Å². The van der Waals surface area contributed by atoms with Crippen LogP contribution in [0.1, 0.15) is 36.0 Å². The monoisotopic (exact) mass is 320 g/mol. The first-order valence-corrected chi connectivity index (χ1v) is 7.09. The Kier molecular flexibility index (Phi) is 4.66. The predicted molar refractivity (Wildman–Crippen MR) is 75.4 cm³/mol. The topological polar surface area (TPSA) is 55.1 Å². The van der Waals surface area contributed by atoms with Gasteiger partial charge in [-0.2, -0.15) is 13.2 Å². The van der Waals surface area contributed by atoms with Crippen LogP contribution in [-0.2, 0) is 0 Å². The van der Waals surface area contributed by atoms with Crippen LogP contribution in [0.15, 0.2) is 18.2 Å². The van der Waals surface area contributed by atoms with Gasteiger partial charge in [0.15, 0.2) is 0 Å². The molecule has 116 valence electrons. The van der Waals surface area contributed by atoms with Gasteiger partial charge in [-0.05, 0) is 31.0 Å². The second-order valence-corrected chi connectivity index (χ2v) is 5.65. The van der Waals surface area contributed by atoms with Gasteiger partial charge in [0.05, 0.1) is 16.6 Å². The predicted octanol–water partition coefficient (Wildman–Crippen LogP) is 3.97. The van der Waals surface area contributed by atoms with Crippen molar-refractivity contribution in [2.24, 2.45) is 11.7 Å². The van der Waals surface area contributed by atoms with Crippen molar-refractivity contribution in [1.82, 2.24) is 0 Å². The Bertz CT molecular complexity index is 533. The minimum Gasteiger partial charge on any atom is -0.380 e. The van der Waals surface area contributed by atoms with Crippen molar-refractivity contribution in [3.63, 3.8) is 0 Å². The van der Waals surface area contributed by atoms with E-state index in [-0.39, 0.29) is 17.0 Å². The fourth-order valence-corrected chi connectivity index (χ4v) is 2.86. The van der Waals surface area contributed by atoms with Crippen molar-refractivity contribution in [2.45, 2.75) is 37.9 Å².